The van der Waals surface area contributed by atoms with Gasteiger partial charge in [0.05, 0.1) is 6.21 Å². The van der Waals surface area contributed by atoms with Gasteiger partial charge in [-0.15, -0.1) is 0 Å². The molecule has 0 radical (unpaired) electrons. The largest absolute Gasteiger partial charge is 0.489 e. The number of halogens is 2. The Hall–Kier alpha value is -3.02. The van der Waals surface area contributed by atoms with Crippen LogP contribution in [-0.2, 0) is 11.4 Å². The lowest BCUT2D eigenvalue weighted by molar-refractivity contribution is -0.127. The molecular weight excluding hydrogens is 423 g/mol. The molecule has 0 heterocycles. The summed E-state index contributed by atoms with van der Waals surface area (Å²) in [7, 11) is 0. The predicted octanol–water partition coefficient (Wildman–Crippen LogP) is 5.49. The van der Waals surface area contributed by atoms with E-state index in [4.69, 9.17) is 32.7 Å². The lowest BCUT2D eigenvalue weighted by Gasteiger charge is -2.12. The lowest BCUT2D eigenvalue weighted by Crippen LogP contribution is -2.33. The van der Waals surface area contributed by atoms with Gasteiger partial charge in [0.2, 0.25) is 0 Å². The first kappa shape index (κ1) is 21.7. The Morgan fingerprint density at radius 3 is 2.37 bits per heavy atom. The van der Waals surface area contributed by atoms with E-state index in [0.29, 0.717) is 28.2 Å². The molecule has 0 spiro atoms. The van der Waals surface area contributed by atoms with Crippen molar-refractivity contribution in [3.63, 3.8) is 0 Å². The summed E-state index contributed by atoms with van der Waals surface area (Å²) in [6.45, 7) is 2.07. The summed E-state index contributed by atoms with van der Waals surface area (Å²) in [5.74, 6) is 0.882. The summed E-state index contributed by atoms with van der Waals surface area (Å²) >= 11 is 11.7. The second kappa shape index (κ2) is 10.7. The number of ether oxygens (including phenoxy) is 2. The summed E-state index contributed by atoms with van der Waals surface area (Å²) in [5.41, 5.74) is 4.27. The average molecular weight is 443 g/mol. The molecule has 0 fully saturated rings. The molecule has 5 nitrogen and oxygen atoms in total. The highest BCUT2D eigenvalue weighted by Crippen LogP contribution is 2.17. The summed E-state index contributed by atoms with van der Waals surface area (Å²) in [6.07, 6.45) is 0.833. The lowest BCUT2D eigenvalue weighted by atomic mass is 10.2. The van der Waals surface area contributed by atoms with E-state index in [2.05, 4.69) is 10.5 Å². The highest BCUT2D eigenvalue weighted by atomic mass is 35.5. The fraction of sp³-hybridized carbons (Fsp3) is 0.130. The minimum Gasteiger partial charge on any atom is -0.489 e. The van der Waals surface area contributed by atoms with Crippen LogP contribution in [0, 0.1) is 0 Å². The number of carbonyl (C=O) groups is 1. The third-order valence-corrected chi connectivity index (χ3v) is 4.56. The molecule has 1 unspecified atom stereocenters. The van der Waals surface area contributed by atoms with E-state index in [1.165, 1.54) is 0 Å². The second-order valence-corrected chi connectivity index (χ2v) is 7.31. The van der Waals surface area contributed by atoms with E-state index in [9.17, 15) is 4.79 Å². The third kappa shape index (κ3) is 6.79. The number of carbonyl (C=O) groups excluding carboxylic acids is 1. The Balaban J connectivity index is 1.50. The van der Waals surface area contributed by atoms with Crippen molar-refractivity contribution in [1.82, 2.24) is 5.43 Å². The molecule has 0 aliphatic rings. The maximum atomic E-state index is 12.1. The Bertz CT molecular complexity index is 1010. The standard InChI is InChI=1S/C23H20Cl2N2O3/c1-16(30-21-11-9-20(25)10-12-21)23(28)27-26-14-18-3-2-4-22(13-18)29-15-17-5-7-19(24)8-6-17/h2-14,16H,15H2,1H3,(H,27,28). The van der Waals surface area contributed by atoms with E-state index >= 15 is 0 Å². The molecule has 1 atom stereocenters. The van der Waals surface area contributed by atoms with Gasteiger partial charge >= 0.3 is 0 Å². The fourth-order valence-electron chi connectivity index (χ4n) is 2.46. The third-order valence-electron chi connectivity index (χ3n) is 4.06. The highest BCUT2D eigenvalue weighted by Gasteiger charge is 2.13. The monoisotopic (exact) mass is 442 g/mol. The predicted molar refractivity (Wildman–Crippen MR) is 120 cm³/mol. The Morgan fingerprint density at radius 1 is 1.00 bits per heavy atom. The minimum absolute atomic E-state index is 0.364. The van der Waals surface area contributed by atoms with Crippen LogP contribution in [0.1, 0.15) is 18.1 Å². The molecule has 0 aromatic heterocycles. The van der Waals surface area contributed by atoms with Crippen LogP contribution in [0.25, 0.3) is 0 Å². The van der Waals surface area contributed by atoms with Gasteiger partial charge in [-0.05, 0) is 66.6 Å². The van der Waals surface area contributed by atoms with Gasteiger partial charge in [0.15, 0.2) is 6.10 Å². The zero-order valence-electron chi connectivity index (χ0n) is 16.2. The molecule has 1 amide bonds. The zero-order valence-corrected chi connectivity index (χ0v) is 17.7. The van der Waals surface area contributed by atoms with Crippen molar-refractivity contribution in [1.29, 1.82) is 0 Å². The number of nitrogens with zero attached hydrogens (tertiary/aromatic N) is 1. The van der Waals surface area contributed by atoms with Crippen LogP contribution in [0.4, 0.5) is 0 Å². The molecule has 3 aromatic carbocycles. The molecule has 30 heavy (non-hydrogen) atoms. The van der Waals surface area contributed by atoms with Crippen LogP contribution in [0.3, 0.4) is 0 Å². The first-order valence-electron chi connectivity index (χ1n) is 9.22. The average Bonchev–Trinajstić information content (AvgIpc) is 2.75. The van der Waals surface area contributed by atoms with Crippen molar-refractivity contribution in [3.05, 3.63) is 94.0 Å². The molecule has 0 aliphatic carbocycles. The number of nitrogens with one attached hydrogen (secondary N) is 1. The molecule has 0 aliphatic heterocycles. The molecule has 0 bridgehead atoms. The van der Waals surface area contributed by atoms with Crippen molar-refractivity contribution >= 4 is 35.3 Å². The molecular formula is C23H20Cl2N2O3. The number of amides is 1. The van der Waals surface area contributed by atoms with Crippen LogP contribution in [0.2, 0.25) is 10.0 Å². The number of hydrogen-bond donors (Lipinski definition) is 1. The molecule has 1 N–H and O–H groups in total. The van der Waals surface area contributed by atoms with Gasteiger partial charge in [-0.1, -0.05) is 47.5 Å². The Labute approximate surface area is 185 Å². The number of benzene rings is 3. The van der Waals surface area contributed by atoms with Crippen molar-refractivity contribution < 1.29 is 14.3 Å². The van der Waals surface area contributed by atoms with Gasteiger partial charge in [-0.25, -0.2) is 5.43 Å². The molecule has 0 saturated heterocycles. The zero-order chi connectivity index (χ0) is 21.3. The van der Waals surface area contributed by atoms with E-state index in [1.807, 2.05) is 48.5 Å². The van der Waals surface area contributed by atoms with Gasteiger partial charge in [-0.2, -0.15) is 5.10 Å². The quantitative estimate of drug-likeness (QED) is 0.370. The smallest absolute Gasteiger partial charge is 0.280 e. The number of hydrogen-bond acceptors (Lipinski definition) is 4. The van der Waals surface area contributed by atoms with Crippen LogP contribution < -0.4 is 14.9 Å². The number of hydrazone groups is 1. The van der Waals surface area contributed by atoms with Crippen molar-refractivity contribution in [2.75, 3.05) is 0 Å². The molecule has 3 aromatic rings. The number of rotatable bonds is 8. The SMILES string of the molecule is CC(Oc1ccc(Cl)cc1)C(=O)NN=Cc1cccc(OCc2ccc(Cl)cc2)c1. The van der Waals surface area contributed by atoms with E-state index in [-0.39, 0.29) is 5.91 Å². The summed E-state index contributed by atoms with van der Waals surface area (Å²) in [5, 5.41) is 5.28. The van der Waals surface area contributed by atoms with Gasteiger partial charge < -0.3 is 9.47 Å². The summed E-state index contributed by atoms with van der Waals surface area (Å²) in [6, 6.07) is 21.7. The van der Waals surface area contributed by atoms with Gasteiger partial charge in [0, 0.05) is 10.0 Å². The van der Waals surface area contributed by atoms with Crippen molar-refractivity contribution in [2.45, 2.75) is 19.6 Å². The first-order valence-corrected chi connectivity index (χ1v) is 9.97. The molecule has 0 saturated carbocycles. The Morgan fingerprint density at radius 2 is 1.67 bits per heavy atom. The molecule has 3 rings (SSSR count). The maximum Gasteiger partial charge on any atom is 0.280 e. The Kier molecular flexibility index (Phi) is 7.71. The summed E-state index contributed by atoms with van der Waals surface area (Å²) in [4.78, 5) is 12.1. The second-order valence-electron chi connectivity index (χ2n) is 6.44. The van der Waals surface area contributed by atoms with Crippen molar-refractivity contribution in [2.24, 2.45) is 5.10 Å². The van der Waals surface area contributed by atoms with Gasteiger partial charge in [-0.3, -0.25) is 4.79 Å². The van der Waals surface area contributed by atoms with Gasteiger partial charge in [0.25, 0.3) is 5.91 Å². The fourth-order valence-corrected chi connectivity index (χ4v) is 2.72. The van der Waals surface area contributed by atoms with Gasteiger partial charge in [0.1, 0.15) is 18.1 Å². The first-order chi connectivity index (χ1) is 14.5. The van der Waals surface area contributed by atoms with Crippen molar-refractivity contribution in [3.8, 4) is 11.5 Å². The normalized spacial score (nSPS) is 11.8. The van der Waals surface area contributed by atoms with Crippen LogP contribution in [0.5, 0.6) is 11.5 Å². The van der Waals surface area contributed by atoms with E-state index in [1.54, 1.807) is 37.4 Å². The molecule has 154 valence electrons. The maximum absolute atomic E-state index is 12.1. The van der Waals surface area contributed by atoms with Crippen LogP contribution in [0.15, 0.2) is 77.9 Å². The minimum atomic E-state index is -0.711. The van der Waals surface area contributed by atoms with Crippen LogP contribution >= 0.6 is 23.2 Å². The van der Waals surface area contributed by atoms with E-state index in [0.717, 1.165) is 11.1 Å². The topological polar surface area (TPSA) is 59.9 Å². The molecule has 7 heteroatoms. The summed E-state index contributed by atoms with van der Waals surface area (Å²) < 4.78 is 11.4. The van der Waals surface area contributed by atoms with Crippen LogP contribution in [-0.4, -0.2) is 18.2 Å². The highest BCUT2D eigenvalue weighted by molar-refractivity contribution is 6.30. The van der Waals surface area contributed by atoms with E-state index < -0.39 is 6.10 Å².